The molecule has 2 rings (SSSR count). The first-order valence-electron chi connectivity index (χ1n) is 10.4. The Bertz CT molecular complexity index is 910. The molecule has 0 saturated carbocycles. The second-order valence-corrected chi connectivity index (χ2v) is 7.94. The van der Waals surface area contributed by atoms with Crippen LogP contribution in [-0.4, -0.2) is 30.2 Å². The van der Waals surface area contributed by atoms with Crippen molar-refractivity contribution < 1.29 is 19.1 Å². The lowest BCUT2D eigenvalue weighted by Crippen LogP contribution is -2.37. The molecule has 0 radical (unpaired) electrons. The fourth-order valence-electron chi connectivity index (χ4n) is 2.94. The van der Waals surface area contributed by atoms with E-state index in [0.29, 0.717) is 29.5 Å². The maximum absolute atomic E-state index is 12.1. The molecule has 1 amide bonds. The highest BCUT2D eigenvalue weighted by Crippen LogP contribution is 2.23. The number of rotatable bonds is 9. The summed E-state index contributed by atoms with van der Waals surface area (Å²) in [4.78, 5) is 24.0. The summed E-state index contributed by atoms with van der Waals surface area (Å²) >= 11 is 5.17. The standard InChI is InChI=1S/C24H30N2O4S/c1-5-6-13-29-23(28)18-7-9-19(10-8-18)25-24(31)26-22(27)15-30-20-11-12-21(16(2)3)17(4)14-20/h7-12,14,16H,5-6,13,15H2,1-4H3,(H2,25,26,27,31). The fourth-order valence-corrected chi connectivity index (χ4v) is 3.17. The van der Waals surface area contributed by atoms with Crippen LogP contribution < -0.4 is 15.4 Å². The number of anilines is 1. The molecule has 31 heavy (non-hydrogen) atoms. The number of esters is 1. The van der Waals surface area contributed by atoms with E-state index in [1.54, 1.807) is 24.3 Å². The molecule has 0 atom stereocenters. The zero-order valence-corrected chi connectivity index (χ0v) is 19.3. The Labute approximate surface area is 189 Å². The van der Waals surface area contributed by atoms with Crippen LogP contribution in [-0.2, 0) is 9.53 Å². The lowest BCUT2D eigenvalue weighted by molar-refractivity contribution is -0.121. The van der Waals surface area contributed by atoms with E-state index in [4.69, 9.17) is 21.7 Å². The van der Waals surface area contributed by atoms with Crippen LogP contribution in [0.5, 0.6) is 5.75 Å². The molecule has 166 valence electrons. The van der Waals surface area contributed by atoms with Crippen LogP contribution in [0.2, 0.25) is 0 Å². The molecule has 0 saturated heterocycles. The highest BCUT2D eigenvalue weighted by Gasteiger charge is 2.10. The number of amides is 1. The minimum atomic E-state index is -0.362. The van der Waals surface area contributed by atoms with E-state index in [1.807, 2.05) is 32.0 Å². The van der Waals surface area contributed by atoms with Crippen molar-refractivity contribution in [3.8, 4) is 5.75 Å². The molecule has 0 aliphatic carbocycles. The number of aryl methyl sites for hydroxylation is 1. The summed E-state index contributed by atoms with van der Waals surface area (Å²) in [6.45, 7) is 8.60. The minimum Gasteiger partial charge on any atom is -0.484 e. The van der Waals surface area contributed by atoms with E-state index in [9.17, 15) is 9.59 Å². The maximum atomic E-state index is 12.1. The van der Waals surface area contributed by atoms with Gasteiger partial charge in [-0.3, -0.25) is 10.1 Å². The lowest BCUT2D eigenvalue weighted by Gasteiger charge is -2.13. The van der Waals surface area contributed by atoms with Gasteiger partial charge in [-0.1, -0.05) is 33.3 Å². The molecule has 0 heterocycles. The van der Waals surface area contributed by atoms with E-state index in [0.717, 1.165) is 18.4 Å². The maximum Gasteiger partial charge on any atom is 0.338 e. The van der Waals surface area contributed by atoms with E-state index < -0.39 is 0 Å². The van der Waals surface area contributed by atoms with Crippen molar-refractivity contribution >= 4 is 34.9 Å². The van der Waals surface area contributed by atoms with E-state index in [2.05, 4.69) is 24.5 Å². The van der Waals surface area contributed by atoms with Crippen molar-refractivity contribution in [1.82, 2.24) is 5.32 Å². The molecule has 7 heteroatoms. The normalized spacial score (nSPS) is 10.5. The van der Waals surface area contributed by atoms with Gasteiger partial charge >= 0.3 is 5.97 Å². The Hall–Kier alpha value is -2.93. The number of nitrogens with one attached hydrogen (secondary N) is 2. The molecule has 0 fully saturated rings. The monoisotopic (exact) mass is 442 g/mol. The van der Waals surface area contributed by atoms with Crippen LogP contribution in [0.1, 0.15) is 61.0 Å². The van der Waals surface area contributed by atoms with Crippen molar-refractivity contribution in [2.24, 2.45) is 0 Å². The molecule has 0 aromatic heterocycles. The average molecular weight is 443 g/mol. The Morgan fingerprint density at radius 1 is 1.10 bits per heavy atom. The summed E-state index contributed by atoms with van der Waals surface area (Å²) in [5.74, 6) is 0.350. The third kappa shape index (κ3) is 8.02. The molecule has 2 aromatic carbocycles. The molecule has 0 aliphatic heterocycles. The van der Waals surface area contributed by atoms with Crippen molar-refractivity contribution in [3.63, 3.8) is 0 Å². The van der Waals surface area contributed by atoms with Gasteiger partial charge in [0.2, 0.25) is 0 Å². The summed E-state index contributed by atoms with van der Waals surface area (Å²) in [6.07, 6.45) is 1.81. The second-order valence-electron chi connectivity index (χ2n) is 7.53. The van der Waals surface area contributed by atoms with Gasteiger partial charge in [0.1, 0.15) is 5.75 Å². The van der Waals surface area contributed by atoms with Crippen LogP contribution in [0.15, 0.2) is 42.5 Å². The van der Waals surface area contributed by atoms with Gasteiger partial charge in [0.25, 0.3) is 5.91 Å². The highest BCUT2D eigenvalue weighted by molar-refractivity contribution is 7.80. The van der Waals surface area contributed by atoms with Gasteiger partial charge < -0.3 is 14.8 Å². The zero-order valence-electron chi connectivity index (χ0n) is 18.5. The Balaban J connectivity index is 1.79. The quantitative estimate of drug-likeness (QED) is 0.324. The SMILES string of the molecule is CCCCOC(=O)c1ccc(NC(=S)NC(=O)COc2ccc(C(C)C)c(C)c2)cc1. The van der Waals surface area contributed by atoms with Gasteiger partial charge in [-0.05, 0) is 79.0 Å². The number of unbranched alkanes of at least 4 members (excludes halogenated alkanes) is 1. The minimum absolute atomic E-state index is 0.148. The van der Waals surface area contributed by atoms with Crippen LogP contribution in [0.25, 0.3) is 0 Å². The number of hydrogen-bond acceptors (Lipinski definition) is 5. The molecule has 2 aromatic rings. The van der Waals surface area contributed by atoms with Gasteiger partial charge in [-0.2, -0.15) is 0 Å². The van der Waals surface area contributed by atoms with Gasteiger partial charge in [0, 0.05) is 5.69 Å². The molecular weight excluding hydrogens is 412 g/mol. The number of ether oxygens (including phenoxy) is 2. The van der Waals surface area contributed by atoms with Crippen molar-refractivity contribution in [2.45, 2.75) is 46.5 Å². The molecule has 2 N–H and O–H groups in total. The van der Waals surface area contributed by atoms with E-state index >= 15 is 0 Å². The van der Waals surface area contributed by atoms with Crippen LogP contribution in [0.3, 0.4) is 0 Å². The number of carbonyl (C=O) groups excluding carboxylic acids is 2. The van der Waals surface area contributed by atoms with Crippen molar-refractivity contribution in [3.05, 3.63) is 59.2 Å². The zero-order chi connectivity index (χ0) is 22.8. The van der Waals surface area contributed by atoms with Gasteiger partial charge in [0.15, 0.2) is 11.7 Å². The van der Waals surface area contributed by atoms with Crippen LogP contribution in [0, 0.1) is 6.92 Å². The van der Waals surface area contributed by atoms with E-state index in [-0.39, 0.29) is 23.6 Å². The Morgan fingerprint density at radius 3 is 2.42 bits per heavy atom. The van der Waals surface area contributed by atoms with Gasteiger partial charge in [0.05, 0.1) is 12.2 Å². The number of benzene rings is 2. The van der Waals surface area contributed by atoms with Crippen LogP contribution >= 0.6 is 12.2 Å². The van der Waals surface area contributed by atoms with Crippen molar-refractivity contribution in [1.29, 1.82) is 0 Å². The molecule has 0 unspecified atom stereocenters. The fraction of sp³-hybridized carbons (Fsp3) is 0.375. The highest BCUT2D eigenvalue weighted by atomic mass is 32.1. The first-order chi connectivity index (χ1) is 14.8. The summed E-state index contributed by atoms with van der Waals surface area (Å²) < 4.78 is 10.7. The Kier molecular flexibility index (Phi) is 9.46. The lowest BCUT2D eigenvalue weighted by atomic mass is 9.98. The first-order valence-corrected chi connectivity index (χ1v) is 10.8. The number of carbonyl (C=O) groups is 2. The van der Waals surface area contributed by atoms with Crippen LogP contribution in [0.4, 0.5) is 5.69 Å². The van der Waals surface area contributed by atoms with Crippen molar-refractivity contribution in [2.75, 3.05) is 18.5 Å². The second kappa shape index (κ2) is 12.1. The predicted octanol–water partition coefficient (Wildman–Crippen LogP) is 4.97. The van der Waals surface area contributed by atoms with E-state index in [1.165, 1.54) is 5.56 Å². The summed E-state index contributed by atoms with van der Waals surface area (Å²) in [7, 11) is 0. The summed E-state index contributed by atoms with van der Waals surface area (Å²) in [5.41, 5.74) is 3.49. The summed E-state index contributed by atoms with van der Waals surface area (Å²) in [6, 6.07) is 12.5. The molecule has 0 aliphatic rings. The molecular formula is C24H30N2O4S. The smallest absolute Gasteiger partial charge is 0.338 e. The summed E-state index contributed by atoms with van der Waals surface area (Å²) in [5, 5.41) is 5.64. The molecule has 0 spiro atoms. The number of thiocarbonyl (C=S) groups is 1. The third-order valence-electron chi connectivity index (χ3n) is 4.60. The van der Waals surface area contributed by atoms with Gasteiger partial charge in [-0.15, -0.1) is 0 Å². The number of hydrogen-bond donors (Lipinski definition) is 2. The molecule has 6 nitrogen and oxygen atoms in total. The first kappa shape index (κ1) is 24.3. The third-order valence-corrected chi connectivity index (χ3v) is 4.80. The Morgan fingerprint density at radius 2 is 1.81 bits per heavy atom. The average Bonchev–Trinajstić information content (AvgIpc) is 2.72. The molecule has 0 bridgehead atoms. The largest absolute Gasteiger partial charge is 0.484 e. The van der Waals surface area contributed by atoms with Gasteiger partial charge in [-0.25, -0.2) is 4.79 Å². The predicted molar refractivity (Wildman–Crippen MR) is 127 cm³/mol. The topological polar surface area (TPSA) is 76.7 Å².